The number of carbonyl (C=O) groups is 1. The lowest BCUT2D eigenvalue weighted by Gasteiger charge is -2.29. The normalized spacial score (nSPS) is 14.5. The molecule has 5 rings (SSSR count). The first-order valence-electron chi connectivity index (χ1n) is 12.8. The van der Waals surface area contributed by atoms with Crippen LogP contribution in [0.3, 0.4) is 0 Å². The zero-order chi connectivity index (χ0) is 27.9. The summed E-state index contributed by atoms with van der Waals surface area (Å²) in [5.74, 6) is -0.544. The Balaban J connectivity index is 1.22. The number of rotatable bonds is 11. The molecule has 0 aliphatic carbocycles. The van der Waals surface area contributed by atoms with Crippen LogP contribution in [0.2, 0.25) is 0 Å². The molecule has 0 spiro atoms. The van der Waals surface area contributed by atoms with Gasteiger partial charge in [-0.2, -0.15) is 11.8 Å². The number of thioether (sulfide) groups is 1. The first kappa shape index (κ1) is 27.6. The fourth-order valence-electron chi connectivity index (χ4n) is 4.60. The van der Waals surface area contributed by atoms with Gasteiger partial charge in [0.1, 0.15) is 11.5 Å². The Morgan fingerprint density at radius 3 is 2.25 bits per heavy atom. The van der Waals surface area contributed by atoms with Gasteiger partial charge in [-0.15, -0.1) is 0 Å². The maximum absolute atomic E-state index is 11.7. The van der Waals surface area contributed by atoms with E-state index in [9.17, 15) is 14.9 Å². The molecule has 4 aromatic rings. The number of carboxylic acids is 1. The van der Waals surface area contributed by atoms with Crippen molar-refractivity contribution in [1.82, 2.24) is 19.9 Å². The van der Waals surface area contributed by atoms with Gasteiger partial charge in [0.05, 0.1) is 40.9 Å². The van der Waals surface area contributed by atoms with Crippen molar-refractivity contribution in [2.45, 2.75) is 37.0 Å². The van der Waals surface area contributed by atoms with Gasteiger partial charge in [-0.25, -0.2) is 0 Å². The Labute approximate surface area is 237 Å². The van der Waals surface area contributed by atoms with Crippen molar-refractivity contribution in [1.29, 1.82) is 0 Å². The standard InChI is InChI=1S/C29H29BN4O5S/c1-38-25-11-9-21-14-26(30(37)39-28(21)27(25)29(35)36)40-19-20-8-10-24(33-15-20)18-34(16-22-6-2-4-12-31-22)17-23-7-3-5-13-32-23/h2-13,15,26,37H,14,16-19H2,1H3,(H,35,36)/p-1/t26-/m0/s1. The largest absolute Gasteiger partial charge is 0.545 e. The monoisotopic (exact) mass is 555 g/mol. The lowest BCUT2D eigenvalue weighted by Crippen LogP contribution is -2.41. The van der Waals surface area contributed by atoms with Crippen LogP contribution in [0.4, 0.5) is 0 Å². The maximum Gasteiger partial charge on any atom is 0.536 e. The predicted molar refractivity (Wildman–Crippen MR) is 150 cm³/mol. The van der Waals surface area contributed by atoms with E-state index in [1.807, 2.05) is 54.7 Å². The fraction of sp³-hybridized carbons (Fsp3) is 0.241. The number of aromatic nitrogens is 3. The molecule has 1 N–H and O–H groups in total. The van der Waals surface area contributed by atoms with Gasteiger partial charge in [0, 0.05) is 44.0 Å². The number of carbonyl (C=O) groups excluding carboxylic acids is 1. The SMILES string of the molecule is COc1ccc2c(c1C(=O)[O-])OB(O)[C@@H](SCc1ccc(CN(Cc3ccccn3)Cc3ccccn3)nc1)C2. The van der Waals surface area contributed by atoms with E-state index in [1.54, 1.807) is 24.5 Å². The molecule has 0 saturated carbocycles. The Morgan fingerprint density at radius 1 is 1.02 bits per heavy atom. The van der Waals surface area contributed by atoms with Crippen LogP contribution in [0, 0.1) is 0 Å². The number of ether oxygens (including phenoxy) is 1. The van der Waals surface area contributed by atoms with E-state index >= 15 is 0 Å². The third-order valence-electron chi connectivity index (χ3n) is 6.56. The number of benzene rings is 1. The Bertz CT molecular complexity index is 1390. The maximum atomic E-state index is 11.7. The molecule has 1 aliphatic heterocycles. The predicted octanol–water partition coefficient (Wildman–Crippen LogP) is 2.70. The summed E-state index contributed by atoms with van der Waals surface area (Å²) in [5.41, 5.74) is 4.41. The number of hydrogen-bond acceptors (Lipinski definition) is 10. The molecule has 11 heteroatoms. The first-order chi connectivity index (χ1) is 19.5. The summed E-state index contributed by atoms with van der Waals surface area (Å²) in [5, 5.41) is 22.0. The molecule has 3 aromatic heterocycles. The molecular formula is C29H28BN4O5S-. The van der Waals surface area contributed by atoms with E-state index in [0.717, 1.165) is 22.6 Å². The van der Waals surface area contributed by atoms with Crippen LogP contribution in [0.25, 0.3) is 0 Å². The van der Waals surface area contributed by atoms with Gasteiger partial charge in [-0.05, 0) is 53.9 Å². The van der Waals surface area contributed by atoms with Crippen molar-refractivity contribution < 1.29 is 24.3 Å². The smallest absolute Gasteiger partial charge is 0.536 e. The van der Waals surface area contributed by atoms with E-state index in [4.69, 9.17) is 14.4 Å². The zero-order valence-electron chi connectivity index (χ0n) is 22.0. The fourth-order valence-corrected chi connectivity index (χ4v) is 5.69. The Morgan fingerprint density at radius 2 is 1.70 bits per heavy atom. The van der Waals surface area contributed by atoms with Gasteiger partial charge in [-0.3, -0.25) is 19.9 Å². The second-order valence-electron chi connectivity index (χ2n) is 9.43. The third kappa shape index (κ3) is 6.79. The minimum Gasteiger partial charge on any atom is -0.545 e. The number of fused-ring (bicyclic) bond motifs is 1. The molecule has 9 nitrogen and oxygen atoms in total. The summed E-state index contributed by atoms with van der Waals surface area (Å²) >= 11 is 1.53. The molecule has 0 amide bonds. The highest BCUT2D eigenvalue weighted by Crippen LogP contribution is 2.38. The van der Waals surface area contributed by atoms with Crippen molar-refractivity contribution in [3.63, 3.8) is 0 Å². The van der Waals surface area contributed by atoms with E-state index in [2.05, 4.69) is 14.9 Å². The van der Waals surface area contributed by atoms with Gasteiger partial charge in [-0.1, -0.05) is 24.3 Å². The molecule has 0 bridgehead atoms. The van der Waals surface area contributed by atoms with Crippen molar-refractivity contribution in [2.24, 2.45) is 0 Å². The van der Waals surface area contributed by atoms with Gasteiger partial charge < -0.3 is 24.3 Å². The summed E-state index contributed by atoms with van der Waals surface area (Å²) in [6.45, 7) is 1.98. The van der Waals surface area contributed by atoms with Crippen molar-refractivity contribution in [2.75, 3.05) is 7.11 Å². The van der Waals surface area contributed by atoms with Crippen LogP contribution in [0.1, 0.15) is 38.6 Å². The lowest BCUT2D eigenvalue weighted by atomic mass is 9.77. The second kappa shape index (κ2) is 13.0. The third-order valence-corrected chi connectivity index (χ3v) is 7.89. The van der Waals surface area contributed by atoms with Gasteiger partial charge in [0.25, 0.3) is 0 Å². The van der Waals surface area contributed by atoms with Crippen LogP contribution in [-0.2, 0) is 31.8 Å². The van der Waals surface area contributed by atoms with Gasteiger partial charge >= 0.3 is 7.12 Å². The highest BCUT2D eigenvalue weighted by Gasteiger charge is 2.37. The minimum absolute atomic E-state index is 0.107. The summed E-state index contributed by atoms with van der Waals surface area (Å²) in [6.07, 6.45) is 5.90. The van der Waals surface area contributed by atoms with E-state index in [0.29, 0.717) is 37.4 Å². The highest BCUT2D eigenvalue weighted by atomic mass is 32.2. The van der Waals surface area contributed by atoms with Gasteiger partial charge in [0.15, 0.2) is 0 Å². The summed E-state index contributed by atoms with van der Waals surface area (Å²) in [6, 6.07) is 19.2. The van der Waals surface area contributed by atoms with Gasteiger partial charge in [0.2, 0.25) is 0 Å². The quantitative estimate of drug-likeness (QED) is 0.277. The molecule has 1 aliphatic rings. The summed E-state index contributed by atoms with van der Waals surface area (Å²) in [4.78, 5) is 27.5. The van der Waals surface area contributed by atoms with E-state index < -0.39 is 13.1 Å². The number of aromatic carboxylic acids is 1. The van der Waals surface area contributed by atoms with E-state index in [1.165, 1.54) is 18.9 Å². The lowest BCUT2D eigenvalue weighted by molar-refractivity contribution is -0.255. The zero-order valence-corrected chi connectivity index (χ0v) is 22.8. The van der Waals surface area contributed by atoms with Crippen LogP contribution >= 0.6 is 11.8 Å². The average molecular weight is 555 g/mol. The molecule has 1 aromatic carbocycles. The Kier molecular flexibility index (Phi) is 8.95. The molecule has 0 radical (unpaired) electrons. The summed E-state index contributed by atoms with van der Waals surface area (Å²) in [7, 11) is 0.214. The molecule has 40 heavy (non-hydrogen) atoms. The summed E-state index contributed by atoms with van der Waals surface area (Å²) < 4.78 is 10.8. The minimum atomic E-state index is -1.41. The number of hydrogen-bond donors (Lipinski definition) is 1. The second-order valence-corrected chi connectivity index (χ2v) is 10.7. The number of methoxy groups -OCH3 is 1. The van der Waals surface area contributed by atoms with Crippen molar-refractivity contribution in [3.05, 3.63) is 113 Å². The molecule has 1 atom stereocenters. The molecule has 0 fully saturated rings. The van der Waals surface area contributed by atoms with Crippen LogP contribution < -0.4 is 14.5 Å². The molecular weight excluding hydrogens is 527 g/mol. The average Bonchev–Trinajstić information content (AvgIpc) is 2.97. The number of pyridine rings is 3. The number of nitrogens with zero attached hydrogens (tertiary/aromatic N) is 4. The number of carboxylic acid groups (broad SMARTS) is 1. The first-order valence-corrected chi connectivity index (χ1v) is 13.9. The topological polar surface area (TPSA) is 121 Å². The molecule has 0 saturated heterocycles. The van der Waals surface area contributed by atoms with Crippen LogP contribution in [0.5, 0.6) is 11.5 Å². The van der Waals surface area contributed by atoms with Crippen LogP contribution in [0.15, 0.2) is 79.3 Å². The van der Waals surface area contributed by atoms with E-state index in [-0.39, 0.29) is 22.2 Å². The molecule has 204 valence electrons. The Hall–Kier alpha value is -3.93. The van der Waals surface area contributed by atoms with Crippen molar-refractivity contribution in [3.8, 4) is 11.5 Å². The van der Waals surface area contributed by atoms with Crippen LogP contribution in [-0.4, -0.2) is 50.2 Å². The molecule has 4 heterocycles. The van der Waals surface area contributed by atoms with Crippen molar-refractivity contribution >= 4 is 24.8 Å². The highest BCUT2D eigenvalue weighted by molar-refractivity contribution is 8.00. The molecule has 0 unspecified atom stereocenters.